The van der Waals surface area contributed by atoms with Crippen LogP contribution in [0.5, 0.6) is 5.75 Å². The summed E-state index contributed by atoms with van der Waals surface area (Å²) in [5, 5.41) is 8.79. The highest BCUT2D eigenvalue weighted by molar-refractivity contribution is 14.0. The third kappa shape index (κ3) is 6.70. The minimum Gasteiger partial charge on any atom is -0.497 e. The first kappa shape index (κ1) is 22.0. The number of hydrogen-bond acceptors (Lipinski definition) is 4. The largest absolute Gasteiger partial charge is 0.497 e. The Hall–Kier alpha value is -2.04. The number of methoxy groups -OCH3 is 1. The first-order valence-electron chi connectivity index (χ1n) is 8.37. The van der Waals surface area contributed by atoms with E-state index in [2.05, 4.69) is 20.9 Å². The van der Waals surface area contributed by atoms with E-state index >= 15 is 0 Å². The van der Waals surface area contributed by atoms with Crippen LogP contribution < -0.4 is 20.7 Å². The molecule has 0 aliphatic carbocycles. The van der Waals surface area contributed by atoms with Crippen molar-refractivity contribution in [3.63, 3.8) is 0 Å². The number of benzene rings is 1. The van der Waals surface area contributed by atoms with E-state index in [4.69, 9.17) is 4.74 Å². The number of carbonyl (C=O) groups excluding carboxylic acids is 2. The number of imide groups is 1. The maximum Gasteiger partial charge on any atom is 0.324 e. The minimum atomic E-state index is -0.340. The average molecular weight is 475 g/mol. The van der Waals surface area contributed by atoms with E-state index in [1.165, 1.54) is 10.5 Å². The maximum absolute atomic E-state index is 11.5. The van der Waals surface area contributed by atoms with Crippen LogP contribution in [0.15, 0.2) is 29.3 Å². The third-order valence-corrected chi connectivity index (χ3v) is 3.74. The van der Waals surface area contributed by atoms with Gasteiger partial charge in [0, 0.05) is 26.2 Å². The lowest BCUT2D eigenvalue weighted by Crippen LogP contribution is -2.43. The zero-order valence-electron chi connectivity index (χ0n) is 15.1. The van der Waals surface area contributed by atoms with Gasteiger partial charge in [-0.1, -0.05) is 12.1 Å². The van der Waals surface area contributed by atoms with Crippen molar-refractivity contribution in [2.24, 2.45) is 4.99 Å². The first-order valence-corrected chi connectivity index (χ1v) is 8.37. The molecule has 1 heterocycles. The number of nitrogens with zero attached hydrogens (tertiary/aromatic N) is 2. The average Bonchev–Trinajstić information content (AvgIpc) is 2.94. The molecule has 1 fully saturated rings. The van der Waals surface area contributed by atoms with Gasteiger partial charge in [0.1, 0.15) is 5.75 Å². The summed E-state index contributed by atoms with van der Waals surface area (Å²) in [6.45, 7) is 4.19. The van der Waals surface area contributed by atoms with Gasteiger partial charge in [-0.05, 0) is 31.0 Å². The van der Waals surface area contributed by atoms with Crippen molar-refractivity contribution in [1.82, 2.24) is 20.9 Å². The van der Waals surface area contributed by atoms with Gasteiger partial charge in [0.2, 0.25) is 5.91 Å². The van der Waals surface area contributed by atoms with Gasteiger partial charge in [0.15, 0.2) is 5.96 Å². The molecule has 1 aromatic carbocycles. The van der Waals surface area contributed by atoms with Crippen molar-refractivity contribution in [3.8, 4) is 5.75 Å². The highest BCUT2D eigenvalue weighted by Crippen LogP contribution is 2.11. The highest BCUT2D eigenvalue weighted by Gasteiger charge is 2.27. The Bertz CT molecular complexity index is 605. The van der Waals surface area contributed by atoms with E-state index in [0.717, 1.165) is 18.7 Å². The fourth-order valence-corrected chi connectivity index (χ4v) is 2.40. The lowest BCUT2D eigenvalue weighted by molar-refractivity contribution is -0.124. The summed E-state index contributed by atoms with van der Waals surface area (Å²) >= 11 is 0. The van der Waals surface area contributed by atoms with E-state index in [1.807, 2.05) is 31.2 Å². The molecule has 1 aliphatic heterocycles. The molecule has 0 saturated carbocycles. The number of urea groups is 1. The molecular weight excluding hydrogens is 449 g/mol. The van der Waals surface area contributed by atoms with Crippen molar-refractivity contribution < 1.29 is 14.3 Å². The smallest absolute Gasteiger partial charge is 0.324 e. The number of ether oxygens (including phenoxy) is 1. The van der Waals surface area contributed by atoms with Gasteiger partial charge in [0.05, 0.1) is 13.7 Å². The molecule has 1 saturated heterocycles. The number of rotatable bonds is 8. The number of aliphatic imine (C=N–C) groups is 1. The summed E-state index contributed by atoms with van der Waals surface area (Å²) in [5.74, 6) is 1.30. The Labute approximate surface area is 170 Å². The second-order valence-corrected chi connectivity index (χ2v) is 5.49. The molecule has 1 aliphatic rings. The van der Waals surface area contributed by atoms with Crippen LogP contribution in [-0.2, 0) is 11.2 Å². The fraction of sp³-hybridized carbons (Fsp3) is 0.471. The van der Waals surface area contributed by atoms with Crippen molar-refractivity contribution in [2.75, 3.05) is 39.8 Å². The number of guanidine groups is 1. The molecule has 1 aromatic rings. The quantitative estimate of drug-likeness (QED) is 0.226. The molecule has 0 unspecified atom stereocenters. The summed E-state index contributed by atoms with van der Waals surface area (Å²) in [6.07, 6.45) is 0.813. The maximum atomic E-state index is 11.5. The fourth-order valence-electron chi connectivity index (χ4n) is 2.40. The number of hydrogen-bond donors (Lipinski definition) is 3. The topological polar surface area (TPSA) is 95.1 Å². The molecular formula is C17H26IN5O3. The van der Waals surface area contributed by atoms with Crippen molar-refractivity contribution in [1.29, 1.82) is 0 Å². The molecule has 0 bridgehead atoms. The Morgan fingerprint density at radius 2 is 2.00 bits per heavy atom. The van der Waals surface area contributed by atoms with Gasteiger partial charge in [-0.25, -0.2) is 4.79 Å². The Kier molecular flexibility index (Phi) is 9.78. The molecule has 0 radical (unpaired) electrons. The second kappa shape index (κ2) is 11.6. The zero-order chi connectivity index (χ0) is 18.1. The molecule has 2 rings (SSSR count). The standard InChI is InChI=1S/C17H25N5O3.HI/c1-3-18-16(20-10-11-22-15(23)12-21-17(22)24)19-9-8-13-4-6-14(25-2)7-5-13;/h4-7H,3,8-12H2,1-2H3,(H,21,24)(H2,18,19,20);1H. The molecule has 144 valence electrons. The summed E-state index contributed by atoms with van der Waals surface area (Å²) in [6, 6.07) is 7.56. The van der Waals surface area contributed by atoms with E-state index in [0.29, 0.717) is 25.6 Å². The molecule has 26 heavy (non-hydrogen) atoms. The summed E-state index contributed by atoms with van der Waals surface area (Å²) in [5.41, 5.74) is 1.18. The number of halogens is 1. The monoisotopic (exact) mass is 475 g/mol. The highest BCUT2D eigenvalue weighted by atomic mass is 127. The number of carbonyl (C=O) groups is 2. The van der Waals surface area contributed by atoms with Crippen LogP contribution in [0.25, 0.3) is 0 Å². The van der Waals surface area contributed by atoms with Gasteiger partial charge in [0.25, 0.3) is 0 Å². The SMILES string of the molecule is CCNC(=NCCc1ccc(OC)cc1)NCCN1C(=O)CNC1=O.I. The zero-order valence-corrected chi connectivity index (χ0v) is 17.4. The summed E-state index contributed by atoms with van der Waals surface area (Å²) < 4.78 is 5.14. The van der Waals surface area contributed by atoms with Crippen LogP contribution in [-0.4, -0.2) is 62.6 Å². The van der Waals surface area contributed by atoms with Gasteiger partial charge >= 0.3 is 6.03 Å². The number of nitrogens with one attached hydrogen (secondary N) is 3. The lowest BCUT2D eigenvalue weighted by Gasteiger charge is -2.15. The molecule has 0 aromatic heterocycles. The predicted octanol–water partition coefficient (Wildman–Crippen LogP) is 0.963. The van der Waals surface area contributed by atoms with E-state index in [9.17, 15) is 9.59 Å². The molecule has 9 heteroatoms. The molecule has 3 N–H and O–H groups in total. The molecule has 0 atom stereocenters. The van der Waals surface area contributed by atoms with Crippen molar-refractivity contribution >= 4 is 41.9 Å². The Morgan fingerprint density at radius 3 is 2.58 bits per heavy atom. The minimum absolute atomic E-state index is 0. The van der Waals surface area contributed by atoms with Gasteiger partial charge < -0.3 is 20.7 Å². The van der Waals surface area contributed by atoms with Crippen LogP contribution in [0.4, 0.5) is 4.79 Å². The lowest BCUT2D eigenvalue weighted by atomic mass is 10.1. The van der Waals surface area contributed by atoms with Crippen LogP contribution in [0, 0.1) is 0 Å². The van der Waals surface area contributed by atoms with Gasteiger partial charge in [-0.15, -0.1) is 24.0 Å². The summed E-state index contributed by atoms with van der Waals surface area (Å²) in [4.78, 5) is 28.7. The van der Waals surface area contributed by atoms with Crippen molar-refractivity contribution in [2.45, 2.75) is 13.3 Å². The van der Waals surface area contributed by atoms with E-state index in [-0.39, 0.29) is 42.5 Å². The van der Waals surface area contributed by atoms with Crippen LogP contribution in [0.2, 0.25) is 0 Å². The Balaban J connectivity index is 0.00000338. The normalized spacial score (nSPS) is 13.9. The van der Waals surface area contributed by atoms with Crippen LogP contribution in [0.1, 0.15) is 12.5 Å². The first-order chi connectivity index (χ1) is 12.1. The van der Waals surface area contributed by atoms with Gasteiger partial charge in [-0.2, -0.15) is 0 Å². The van der Waals surface area contributed by atoms with E-state index in [1.54, 1.807) is 7.11 Å². The molecule has 8 nitrogen and oxygen atoms in total. The number of amides is 3. The van der Waals surface area contributed by atoms with Crippen molar-refractivity contribution in [3.05, 3.63) is 29.8 Å². The third-order valence-electron chi connectivity index (χ3n) is 3.74. The van der Waals surface area contributed by atoms with E-state index < -0.39 is 0 Å². The molecule has 0 spiro atoms. The second-order valence-electron chi connectivity index (χ2n) is 5.49. The van der Waals surface area contributed by atoms with Crippen LogP contribution in [0.3, 0.4) is 0 Å². The Morgan fingerprint density at radius 1 is 1.27 bits per heavy atom. The summed E-state index contributed by atoms with van der Waals surface area (Å²) in [7, 11) is 1.65. The van der Waals surface area contributed by atoms with Crippen LogP contribution >= 0.6 is 24.0 Å². The van der Waals surface area contributed by atoms with Gasteiger partial charge in [-0.3, -0.25) is 14.7 Å². The molecule has 3 amide bonds. The predicted molar refractivity (Wildman–Crippen MR) is 111 cm³/mol.